The number of hydrogen-bond donors (Lipinski definition) is 4. The van der Waals surface area contributed by atoms with E-state index in [1.807, 2.05) is 219 Å². The van der Waals surface area contributed by atoms with E-state index < -0.39 is 22.8 Å². The average Bonchev–Trinajstić information content (AvgIpc) is 0.788. The molecule has 0 aliphatic rings. The number of nitrogens with zero attached hydrogens (tertiary/aromatic N) is 11. The first-order valence-electron chi connectivity index (χ1n) is 42.7. The van der Waals surface area contributed by atoms with E-state index in [-0.39, 0.29) is 88.3 Å². The molecule has 0 spiro atoms. The molecule has 4 N–H and O–H groups in total. The van der Waals surface area contributed by atoms with Gasteiger partial charge in [-0.15, -0.1) is 0 Å². The van der Waals surface area contributed by atoms with E-state index >= 15 is 0 Å². The molecule has 15 aromatic rings. The Kier molecular flexibility index (Phi) is 38.5. The number of benzene rings is 12. The van der Waals surface area contributed by atoms with Crippen molar-refractivity contribution in [1.29, 1.82) is 15.8 Å². The van der Waals surface area contributed by atoms with Gasteiger partial charge in [-0.2, -0.15) is 30.7 Å². The fraction of sp³-hybridized carbons (Fsp3) is 0.171. The normalized spacial score (nSPS) is 10.9. The largest absolute Gasteiger partial charge is 1.00 e. The second-order valence-corrected chi connectivity index (χ2v) is 38.7. The first-order valence-corrected chi connectivity index (χ1v) is 49.0. The predicted molar refractivity (Wildman–Crippen MR) is 534 cm³/mol. The summed E-state index contributed by atoms with van der Waals surface area (Å²) >= 11 is 3.21. The van der Waals surface area contributed by atoms with Gasteiger partial charge in [0.2, 0.25) is 17.8 Å². The van der Waals surface area contributed by atoms with Crippen molar-refractivity contribution in [2.24, 2.45) is 0 Å². The standard InChI is InChI=1S/2C35H34N5O3P.C20H19N5.C15H16BrO3P.Na.H/c1-26-20-27(2)34(28(3)21-26)38-33-18-19-37-35(39-33)40(32-16-14-29(22-36)15-17-32)25-44(41,42-23-30-10-6-4-7-11-30)43-24-31-12-8-5-9-13-31;1-26-20-27(2)34(28(3)21-26)40(33-18-19-37-35(39-33)38-32-16-14-29(22-36)15-17-32)25-44(41,42-23-30-10-6-4-7-11-30)43-24-31-12-8-5-9-13-31;1-13-10-14(2)19(15(3)11-13)24-18-8-9-22-20(25-18)23-17-6-4-16(12-21)5-7-17;16-13-20(17,18-11-14-7-3-1-4-8-14)19-12-15-9-5-2-6-10-15;;/h2*4-21H,23-25H2,1-3H3,(H,37,38,39);4-11H,1-3H3,(H2,22,23,24,25);1-10H,11-13H2;;/q;;;;+1;-1. The minimum atomic E-state index is -3.80. The molecule has 0 aliphatic carbocycles. The maximum Gasteiger partial charge on any atom is 1.00 e. The quantitative estimate of drug-likeness (QED) is 0.0163. The summed E-state index contributed by atoms with van der Waals surface area (Å²) in [7, 11) is -10.7. The van der Waals surface area contributed by atoms with Crippen LogP contribution >= 0.6 is 38.7 Å². The molecule has 0 bridgehead atoms. The molecule has 3 aromatic heterocycles. The van der Waals surface area contributed by atoms with E-state index in [0.29, 0.717) is 51.9 Å². The van der Waals surface area contributed by atoms with Crippen molar-refractivity contribution in [1.82, 2.24) is 29.9 Å². The van der Waals surface area contributed by atoms with Crippen LogP contribution in [0.3, 0.4) is 0 Å². The smallest absolute Gasteiger partial charge is 1.00 e. The molecule has 0 amide bonds. The van der Waals surface area contributed by atoms with Gasteiger partial charge in [0.1, 0.15) is 35.1 Å². The second-order valence-electron chi connectivity index (χ2n) is 31.2. The van der Waals surface area contributed by atoms with Crippen LogP contribution in [0.15, 0.2) is 328 Å². The average molecular weight is 1920 g/mol. The van der Waals surface area contributed by atoms with Crippen molar-refractivity contribution in [3.63, 3.8) is 0 Å². The van der Waals surface area contributed by atoms with E-state index in [1.54, 1.807) is 96.3 Å². The van der Waals surface area contributed by atoms with Gasteiger partial charge >= 0.3 is 52.3 Å². The molecule has 0 saturated carbocycles. The molecule has 0 fully saturated rings. The Balaban J connectivity index is 0.000000194. The number of aromatic nitrogens is 6. The number of anilines is 12. The fourth-order valence-electron chi connectivity index (χ4n) is 14.1. The molecule has 0 saturated heterocycles. The summed E-state index contributed by atoms with van der Waals surface area (Å²) in [4.78, 5) is 31.0. The van der Waals surface area contributed by atoms with E-state index in [0.717, 1.165) is 95.5 Å². The second kappa shape index (κ2) is 50.8. The summed E-state index contributed by atoms with van der Waals surface area (Å²) in [6.07, 6.45) is 4.77. The number of rotatable bonds is 35. The van der Waals surface area contributed by atoms with Crippen molar-refractivity contribution in [2.45, 2.75) is 102 Å². The van der Waals surface area contributed by atoms with Crippen LogP contribution in [0.4, 0.5) is 69.4 Å². The number of alkyl halides is 1. The third kappa shape index (κ3) is 31.4. The van der Waals surface area contributed by atoms with Gasteiger partial charge in [-0.25, -0.2) is 15.0 Å². The molecule has 0 radical (unpaired) electrons. The van der Waals surface area contributed by atoms with Gasteiger partial charge in [-0.3, -0.25) is 18.6 Å². The van der Waals surface area contributed by atoms with Crippen molar-refractivity contribution in [3.05, 3.63) is 428 Å². The van der Waals surface area contributed by atoms with Crippen LogP contribution in [0.5, 0.6) is 0 Å². The van der Waals surface area contributed by atoms with Crippen LogP contribution in [0.1, 0.15) is 102 Å². The summed E-state index contributed by atoms with van der Waals surface area (Å²) in [6, 6.07) is 103. The van der Waals surface area contributed by atoms with Gasteiger partial charge in [0.05, 0.1) is 74.5 Å². The van der Waals surface area contributed by atoms with Gasteiger partial charge in [-0.1, -0.05) is 251 Å². The number of nitriles is 3. The van der Waals surface area contributed by atoms with Crippen LogP contribution in [0.2, 0.25) is 0 Å². The summed E-state index contributed by atoms with van der Waals surface area (Å²) in [6.45, 7) is 19.5. The molecular weight excluding hydrogens is 1810 g/mol. The number of aryl methyl sites for hydroxylation is 9. The Bertz CT molecular complexity index is 6420. The third-order valence-electron chi connectivity index (χ3n) is 20.5. The molecule has 3 heterocycles. The molecule has 12 aromatic carbocycles. The minimum Gasteiger partial charge on any atom is -1.00 e. The molecular formula is C105H104BrN15NaO9P3. The zero-order valence-corrected chi connectivity index (χ0v) is 82.6. The van der Waals surface area contributed by atoms with E-state index in [2.05, 4.69) is 160 Å². The zero-order valence-electron chi connectivity index (χ0n) is 77.4. The molecule has 15 rings (SSSR count). The van der Waals surface area contributed by atoms with E-state index in [9.17, 15) is 19.0 Å². The zero-order chi connectivity index (χ0) is 94.0. The van der Waals surface area contributed by atoms with Crippen LogP contribution in [-0.4, -0.2) is 47.5 Å². The Morgan fingerprint density at radius 2 is 0.627 bits per heavy atom. The first kappa shape index (κ1) is 102. The third-order valence-corrected chi connectivity index (χ3v) is 27.0. The molecule has 0 atom stereocenters. The number of halogens is 1. The molecule has 134 heavy (non-hydrogen) atoms. The topological polar surface area (TPSA) is 310 Å². The van der Waals surface area contributed by atoms with Crippen molar-refractivity contribution in [3.8, 4) is 18.2 Å². The van der Waals surface area contributed by atoms with Crippen LogP contribution < -0.4 is 60.6 Å². The van der Waals surface area contributed by atoms with Gasteiger partial charge < -0.3 is 54.7 Å². The molecule has 0 unspecified atom stereocenters. The minimum absolute atomic E-state index is 0. The van der Waals surface area contributed by atoms with Crippen molar-refractivity contribution in [2.75, 3.05) is 48.7 Å². The SMILES string of the molecule is Cc1cc(C)c(N(CP(=O)(OCc2ccccc2)OCc2ccccc2)c2ccnc(Nc3ccc(C#N)cc3)n2)c(C)c1.Cc1cc(C)c(Nc2ccnc(N(CP(=O)(OCc3ccccc3)OCc3ccccc3)c3ccc(C#N)cc3)n2)c(C)c1.Cc1cc(C)c(Nc2ccnc(Nc3ccc(C#N)cc3)n2)c(C)c1.O=P(CBr)(OCc1ccccc1)OCc1ccccc1.[H-].[Na+]. The first-order chi connectivity index (χ1) is 64.4. The molecule has 24 nitrogen and oxygen atoms in total. The van der Waals surface area contributed by atoms with Gasteiger partial charge in [0.25, 0.3) is 0 Å². The number of hydrogen-bond acceptors (Lipinski definition) is 24. The molecule has 676 valence electrons. The maximum absolute atomic E-state index is 14.7. The van der Waals surface area contributed by atoms with Crippen LogP contribution in [-0.2, 0) is 80.5 Å². The summed E-state index contributed by atoms with van der Waals surface area (Å²) < 4.78 is 77.1. The van der Waals surface area contributed by atoms with Crippen LogP contribution in [0, 0.1) is 96.3 Å². The Morgan fingerprint density at radius 3 is 0.963 bits per heavy atom. The van der Waals surface area contributed by atoms with Crippen molar-refractivity contribution < 1.29 is 71.8 Å². The van der Waals surface area contributed by atoms with E-state index in [4.69, 9.17) is 47.6 Å². The monoisotopic (exact) mass is 1910 g/mol. The Labute approximate surface area is 816 Å². The van der Waals surface area contributed by atoms with Gasteiger partial charge in [-0.05, 0) is 220 Å². The number of nitrogens with one attached hydrogen (secondary N) is 4. The summed E-state index contributed by atoms with van der Waals surface area (Å²) in [5.74, 6) is 2.98. The summed E-state index contributed by atoms with van der Waals surface area (Å²) in [5.41, 5.74) is 22.3. The van der Waals surface area contributed by atoms with Crippen LogP contribution in [0.25, 0.3) is 0 Å². The van der Waals surface area contributed by atoms with E-state index in [1.165, 1.54) is 22.3 Å². The Hall–Kier alpha value is -12.9. The predicted octanol–water partition coefficient (Wildman–Crippen LogP) is 24.3. The molecule has 29 heteroatoms. The van der Waals surface area contributed by atoms with Gasteiger partial charge in [0.15, 0.2) is 0 Å². The molecule has 0 aliphatic heterocycles. The maximum atomic E-state index is 14.7. The van der Waals surface area contributed by atoms with Crippen molar-refractivity contribution >= 4 is 108 Å². The Morgan fingerprint density at radius 1 is 0.336 bits per heavy atom. The van der Waals surface area contributed by atoms with Gasteiger partial charge in [0, 0.05) is 52.7 Å². The fourth-order valence-corrected chi connectivity index (χ4v) is 19.0. The summed E-state index contributed by atoms with van der Waals surface area (Å²) in [5, 5.41) is 40.7.